The highest BCUT2D eigenvalue weighted by atomic mass is 19.1. The van der Waals surface area contributed by atoms with Crippen LogP contribution in [-0.4, -0.2) is 29.4 Å². The van der Waals surface area contributed by atoms with E-state index >= 15 is 0 Å². The lowest BCUT2D eigenvalue weighted by molar-refractivity contribution is 0.307. The minimum Gasteiger partial charge on any atom is -0.394 e. The van der Waals surface area contributed by atoms with E-state index in [1.54, 1.807) is 12.1 Å². The van der Waals surface area contributed by atoms with Gasteiger partial charge in [-0.1, -0.05) is 54.5 Å². The van der Waals surface area contributed by atoms with Crippen LogP contribution in [0.2, 0.25) is 0 Å². The number of rotatable bonds is 7. The molecule has 28 heavy (non-hydrogen) atoms. The molecule has 0 saturated heterocycles. The highest BCUT2D eigenvalue weighted by molar-refractivity contribution is 5.90. The van der Waals surface area contributed by atoms with E-state index in [0.29, 0.717) is 17.9 Å². The number of aromatic nitrogens is 1. The van der Waals surface area contributed by atoms with Crippen LogP contribution in [0, 0.1) is 5.82 Å². The monoisotopic (exact) mass is 382 g/mol. The summed E-state index contributed by atoms with van der Waals surface area (Å²) in [6, 6.07) is 16.5. The van der Waals surface area contributed by atoms with E-state index in [1.807, 2.05) is 49.4 Å². The van der Waals surface area contributed by atoms with Crippen molar-refractivity contribution in [1.29, 1.82) is 0 Å². The summed E-state index contributed by atoms with van der Waals surface area (Å²) in [4.78, 5) is 3.90. The van der Waals surface area contributed by atoms with Crippen molar-refractivity contribution < 1.29 is 14.0 Å². The summed E-state index contributed by atoms with van der Waals surface area (Å²) in [5.74, 6) is 0.318. The molecule has 0 bridgehead atoms. The standard InChI is InChI=1S/C21H23FN4O2/c1-14(11-17-13-20(28-26-17)25-21(23)24-9-10-27)16-7-8-18(19(22)12-16)15-5-3-2-4-6-15/h2-8,12-14,27H,9-11H2,1H3,(H3,23,24,25). The molecule has 3 aromatic rings. The molecule has 0 aliphatic rings. The Kier molecular flexibility index (Phi) is 6.39. The van der Waals surface area contributed by atoms with Crippen molar-refractivity contribution in [3.8, 4) is 11.1 Å². The zero-order valence-corrected chi connectivity index (χ0v) is 15.6. The van der Waals surface area contributed by atoms with Crippen LogP contribution < -0.4 is 11.1 Å². The van der Waals surface area contributed by atoms with Crippen LogP contribution in [0.15, 0.2) is 64.1 Å². The zero-order valence-electron chi connectivity index (χ0n) is 15.6. The van der Waals surface area contributed by atoms with E-state index in [4.69, 9.17) is 15.4 Å². The quantitative estimate of drug-likeness (QED) is 0.429. The maximum atomic E-state index is 14.6. The number of aliphatic hydroxyl groups is 1. The Morgan fingerprint density at radius 3 is 2.75 bits per heavy atom. The first kappa shape index (κ1) is 19.6. The molecule has 146 valence electrons. The van der Waals surface area contributed by atoms with E-state index in [0.717, 1.165) is 16.8 Å². The van der Waals surface area contributed by atoms with Crippen LogP contribution in [0.4, 0.5) is 10.3 Å². The van der Waals surface area contributed by atoms with Crippen molar-refractivity contribution >= 4 is 11.8 Å². The minimum atomic E-state index is -0.245. The second-order valence-corrected chi connectivity index (χ2v) is 6.51. The number of nitrogens with one attached hydrogen (secondary N) is 1. The molecule has 1 aromatic heterocycles. The van der Waals surface area contributed by atoms with Gasteiger partial charge in [-0.25, -0.2) is 4.39 Å². The number of benzene rings is 2. The highest BCUT2D eigenvalue weighted by Gasteiger charge is 2.14. The Hall–Kier alpha value is -3.19. The molecule has 7 heteroatoms. The van der Waals surface area contributed by atoms with E-state index < -0.39 is 0 Å². The summed E-state index contributed by atoms with van der Waals surface area (Å²) in [5.41, 5.74) is 8.72. The number of hydrogen-bond donors (Lipinski definition) is 3. The van der Waals surface area contributed by atoms with Crippen LogP contribution in [0.1, 0.15) is 24.1 Å². The van der Waals surface area contributed by atoms with Crippen LogP contribution in [0.25, 0.3) is 11.1 Å². The molecule has 6 nitrogen and oxygen atoms in total. The van der Waals surface area contributed by atoms with Gasteiger partial charge in [0.15, 0.2) is 5.96 Å². The lowest BCUT2D eigenvalue weighted by Crippen LogP contribution is -2.22. The van der Waals surface area contributed by atoms with Crippen molar-refractivity contribution in [1.82, 2.24) is 5.16 Å². The molecule has 2 aromatic carbocycles. The molecule has 0 fully saturated rings. The van der Waals surface area contributed by atoms with Crippen molar-refractivity contribution in [2.45, 2.75) is 19.3 Å². The predicted octanol–water partition coefficient (Wildman–Crippen LogP) is 3.55. The molecule has 0 spiro atoms. The van der Waals surface area contributed by atoms with Gasteiger partial charge in [-0.2, -0.15) is 0 Å². The number of hydrogen-bond acceptors (Lipinski definition) is 4. The summed E-state index contributed by atoms with van der Waals surface area (Å²) in [5, 5.41) is 15.5. The van der Waals surface area contributed by atoms with Crippen molar-refractivity contribution in [3.05, 3.63) is 71.7 Å². The first-order valence-electron chi connectivity index (χ1n) is 9.05. The van der Waals surface area contributed by atoms with Gasteiger partial charge in [-0.3, -0.25) is 10.3 Å². The SMILES string of the molecule is CC(Cc1cc(NC(N)=NCCO)on1)c1ccc(-c2ccccc2)c(F)c1. The topological polar surface area (TPSA) is 96.7 Å². The van der Waals surface area contributed by atoms with E-state index in [1.165, 1.54) is 0 Å². The molecular formula is C21H23FN4O2. The van der Waals surface area contributed by atoms with Gasteiger partial charge in [0.25, 0.3) is 0 Å². The Balaban J connectivity index is 1.67. The minimum absolute atomic E-state index is 0.0534. The van der Waals surface area contributed by atoms with Gasteiger partial charge >= 0.3 is 0 Å². The molecule has 3 rings (SSSR count). The summed E-state index contributed by atoms with van der Waals surface area (Å²) in [7, 11) is 0. The fourth-order valence-corrected chi connectivity index (χ4v) is 2.92. The maximum absolute atomic E-state index is 14.6. The average Bonchev–Trinajstić information content (AvgIpc) is 3.13. The Morgan fingerprint density at radius 1 is 1.25 bits per heavy atom. The third kappa shape index (κ3) is 4.95. The molecule has 1 unspecified atom stereocenters. The number of anilines is 1. The zero-order chi connectivity index (χ0) is 19.9. The number of guanidine groups is 1. The Labute approximate surface area is 162 Å². The Morgan fingerprint density at radius 2 is 2.04 bits per heavy atom. The Bertz CT molecular complexity index is 941. The first-order chi connectivity index (χ1) is 13.6. The summed E-state index contributed by atoms with van der Waals surface area (Å²) in [6.07, 6.45) is 0.586. The third-order valence-electron chi connectivity index (χ3n) is 4.35. The molecule has 0 radical (unpaired) electrons. The largest absolute Gasteiger partial charge is 0.394 e. The average molecular weight is 382 g/mol. The van der Waals surface area contributed by atoms with E-state index in [2.05, 4.69) is 15.5 Å². The number of halogens is 1. The van der Waals surface area contributed by atoms with E-state index in [9.17, 15) is 4.39 Å². The first-order valence-corrected chi connectivity index (χ1v) is 9.05. The molecule has 1 heterocycles. The van der Waals surface area contributed by atoms with Crippen LogP contribution in [0.5, 0.6) is 0 Å². The molecule has 1 atom stereocenters. The molecule has 4 N–H and O–H groups in total. The van der Waals surface area contributed by atoms with Crippen LogP contribution in [-0.2, 0) is 6.42 Å². The lowest BCUT2D eigenvalue weighted by Gasteiger charge is -2.12. The highest BCUT2D eigenvalue weighted by Crippen LogP contribution is 2.28. The smallest absolute Gasteiger partial charge is 0.231 e. The number of aliphatic hydroxyl groups excluding tert-OH is 1. The normalized spacial score (nSPS) is 12.8. The van der Waals surface area contributed by atoms with Gasteiger partial charge in [-0.05, 0) is 29.5 Å². The van der Waals surface area contributed by atoms with Crippen molar-refractivity contribution in [2.24, 2.45) is 10.7 Å². The van der Waals surface area contributed by atoms with Crippen molar-refractivity contribution in [3.63, 3.8) is 0 Å². The maximum Gasteiger partial charge on any atom is 0.231 e. The van der Waals surface area contributed by atoms with E-state index in [-0.39, 0.29) is 30.8 Å². The third-order valence-corrected chi connectivity index (χ3v) is 4.35. The summed E-state index contributed by atoms with van der Waals surface area (Å²) in [6.45, 7) is 2.14. The second-order valence-electron chi connectivity index (χ2n) is 6.51. The van der Waals surface area contributed by atoms with Gasteiger partial charge in [0.1, 0.15) is 5.82 Å². The molecule has 0 saturated carbocycles. The van der Waals surface area contributed by atoms with Gasteiger partial charge in [0.2, 0.25) is 5.88 Å². The second kappa shape index (κ2) is 9.14. The van der Waals surface area contributed by atoms with Gasteiger partial charge in [0.05, 0.1) is 18.8 Å². The number of nitrogens with zero attached hydrogens (tertiary/aromatic N) is 2. The fourth-order valence-electron chi connectivity index (χ4n) is 2.92. The number of nitrogens with two attached hydrogens (primary N) is 1. The van der Waals surface area contributed by atoms with Crippen LogP contribution in [0.3, 0.4) is 0 Å². The lowest BCUT2D eigenvalue weighted by atomic mass is 9.94. The molecule has 0 amide bonds. The molecule has 0 aliphatic heterocycles. The van der Waals surface area contributed by atoms with Gasteiger partial charge < -0.3 is 15.4 Å². The van der Waals surface area contributed by atoms with Gasteiger partial charge in [0, 0.05) is 11.6 Å². The summed E-state index contributed by atoms with van der Waals surface area (Å²) >= 11 is 0. The molecule has 0 aliphatic carbocycles. The molecular weight excluding hydrogens is 359 g/mol. The fraction of sp³-hybridized carbons (Fsp3) is 0.238. The summed E-state index contributed by atoms with van der Waals surface area (Å²) < 4.78 is 19.8. The predicted molar refractivity (Wildman–Crippen MR) is 108 cm³/mol. The van der Waals surface area contributed by atoms with Crippen LogP contribution >= 0.6 is 0 Å². The van der Waals surface area contributed by atoms with Crippen molar-refractivity contribution in [2.75, 3.05) is 18.5 Å². The van der Waals surface area contributed by atoms with Gasteiger partial charge in [-0.15, -0.1) is 0 Å². The number of aliphatic imine (C=N–C) groups is 1.